The summed E-state index contributed by atoms with van der Waals surface area (Å²) in [5, 5.41) is 3.98. The summed E-state index contributed by atoms with van der Waals surface area (Å²) in [7, 11) is 0. The van der Waals surface area contributed by atoms with Crippen molar-refractivity contribution in [3.63, 3.8) is 0 Å². The highest BCUT2D eigenvalue weighted by Gasteiger charge is 2.18. The Morgan fingerprint density at radius 3 is 1.85 bits per heavy atom. The Labute approximate surface area is 116 Å². The summed E-state index contributed by atoms with van der Waals surface area (Å²) in [6.45, 7) is 0. The van der Waals surface area contributed by atoms with Gasteiger partial charge in [-0.1, -0.05) is 48.5 Å². The molecule has 0 heterocycles. The van der Waals surface area contributed by atoms with Crippen molar-refractivity contribution in [2.45, 2.75) is 18.9 Å². The van der Waals surface area contributed by atoms with Crippen molar-refractivity contribution >= 4 is 21.5 Å². The van der Waals surface area contributed by atoms with Gasteiger partial charge >= 0.3 is 0 Å². The summed E-state index contributed by atoms with van der Waals surface area (Å²) in [4.78, 5) is 0. The Morgan fingerprint density at radius 2 is 1.35 bits per heavy atom. The van der Waals surface area contributed by atoms with Crippen LogP contribution in [0.2, 0.25) is 0 Å². The SMILES string of the molecule is N[C@@H](CC(F)F)c1c2ccccc2cc2ccccc12. The van der Waals surface area contributed by atoms with E-state index in [1.807, 2.05) is 48.5 Å². The van der Waals surface area contributed by atoms with Crippen molar-refractivity contribution in [1.29, 1.82) is 0 Å². The molecular weight excluding hydrogens is 256 g/mol. The summed E-state index contributed by atoms with van der Waals surface area (Å²) < 4.78 is 25.4. The van der Waals surface area contributed by atoms with E-state index in [4.69, 9.17) is 5.73 Å². The molecule has 3 aromatic carbocycles. The molecule has 102 valence electrons. The van der Waals surface area contributed by atoms with Crippen LogP contribution in [-0.2, 0) is 0 Å². The van der Waals surface area contributed by atoms with E-state index in [1.165, 1.54) is 0 Å². The van der Waals surface area contributed by atoms with Crippen LogP contribution in [-0.4, -0.2) is 6.43 Å². The normalized spacial score (nSPS) is 13.2. The monoisotopic (exact) mass is 271 g/mol. The first-order chi connectivity index (χ1) is 9.66. The highest BCUT2D eigenvalue weighted by Crippen LogP contribution is 2.33. The molecule has 1 nitrogen and oxygen atoms in total. The zero-order chi connectivity index (χ0) is 14.1. The number of hydrogen-bond acceptors (Lipinski definition) is 1. The molecule has 0 radical (unpaired) electrons. The quantitative estimate of drug-likeness (QED) is 0.689. The van der Waals surface area contributed by atoms with Crippen LogP contribution in [0, 0.1) is 0 Å². The van der Waals surface area contributed by atoms with Gasteiger partial charge in [0, 0.05) is 12.5 Å². The van der Waals surface area contributed by atoms with Gasteiger partial charge in [0.05, 0.1) is 0 Å². The molecule has 3 rings (SSSR count). The van der Waals surface area contributed by atoms with Gasteiger partial charge in [0.25, 0.3) is 0 Å². The van der Waals surface area contributed by atoms with Crippen LogP contribution in [0.3, 0.4) is 0 Å². The Balaban J connectivity index is 2.33. The molecule has 0 saturated carbocycles. The van der Waals surface area contributed by atoms with E-state index in [0.717, 1.165) is 27.1 Å². The second kappa shape index (κ2) is 5.17. The summed E-state index contributed by atoms with van der Waals surface area (Å²) in [6, 6.07) is 17.0. The maximum absolute atomic E-state index is 12.7. The molecule has 0 aliphatic carbocycles. The van der Waals surface area contributed by atoms with E-state index in [1.54, 1.807) is 0 Å². The lowest BCUT2D eigenvalue weighted by molar-refractivity contribution is 0.129. The zero-order valence-corrected chi connectivity index (χ0v) is 10.9. The van der Waals surface area contributed by atoms with Gasteiger partial charge in [-0.15, -0.1) is 0 Å². The maximum Gasteiger partial charge on any atom is 0.240 e. The van der Waals surface area contributed by atoms with Crippen LogP contribution >= 0.6 is 0 Å². The van der Waals surface area contributed by atoms with E-state index in [0.29, 0.717) is 0 Å². The van der Waals surface area contributed by atoms with Gasteiger partial charge in [0.15, 0.2) is 0 Å². The van der Waals surface area contributed by atoms with Crippen molar-refractivity contribution in [2.24, 2.45) is 5.73 Å². The minimum atomic E-state index is -2.40. The number of hydrogen-bond donors (Lipinski definition) is 1. The highest BCUT2D eigenvalue weighted by molar-refractivity contribution is 6.02. The van der Waals surface area contributed by atoms with Crippen molar-refractivity contribution in [2.75, 3.05) is 0 Å². The fourth-order valence-corrected chi connectivity index (χ4v) is 2.76. The van der Waals surface area contributed by atoms with Crippen molar-refractivity contribution in [3.8, 4) is 0 Å². The molecule has 0 amide bonds. The fourth-order valence-electron chi connectivity index (χ4n) is 2.76. The van der Waals surface area contributed by atoms with Gasteiger partial charge in [0.2, 0.25) is 6.43 Å². The van der Waals surface area contributed by atoms with E-state index >= 15 is 0 Å². The molecule has 0 aromatic heterocycles. The topological polar surface area (TPSA) is 26.0 Å². The molecule has 0 spiro atoms. The maximum atomic E-state index is 12.7. The lowest BCUT2D eigenvalue weighted by Crippen LogP contribution is -2.15. The van der Waals surface area contributed by atoms with Gasteiger partial charge in [-0.05, 0) is 33.2 Å². The van der Waals surface area contributed by atoms with Crippen LogP contribution in [0.4, 0.5) is 8.78 Å². The first kappa shape index (κ1) is 13.0. The minimum absolute atomic E-state index is 0.321. The van der Waals surface area contributed by atoms with Crippen molar-refractivity contribution in [3.05, 3.63) is 60.2 Å². The molecule has 3 heteroatoms. The van der Waals surface area contributed by atoms with E-state index < -0.39 is 12.5 Å². The van der Waals surface area contributed by atoms with E-state index in [2.05, 4.69) is 6.07 Å². The van der Waals surface area contributed by atoms with Crippen LogP contribution in [0.1, 0.15) is 18.0 Å². The Hall–Kier alpha value is -2.00. The summed E-state index contributed by atoms with van der Waals surface area (Å²) in [5.74, 6) is 0. The smallest absolute Gasteiger partial charge is 0.240 e. The molecule has 1 atom stereocenters. The number of alkyl halides is 2. The van der Waals surface area contributed by atoms with E-state index in [-0.39, 0.29) is 6.42 Å². The lowest BCUT2D eigenvalue weighted by atomic mass is 9.91. The van der Waals surface area contributed by atoms with E-state index in [9.17, 15) is 8.78 Å². The average molecular weight is 271 g/mol. The Morgan fingerprint density at radius 1 is 0.850 bits per heavy atom. The highest BCUT2D eigenvalue weighted by atomic mass is 19.3. The predicted molar refractivity (Wildman–Crippen MR) is 79.0 cm³/mol. The molecule has 0 aliphatic heterocycles. The van der Waals surface area contributed by atoms with Crippen LogP contribution in [0.5, 0.6) is 0 Å². The van der Waals surface area contributed by atoms with Gasteiger partial charge in [-0.3, -0.25) is 0 Å². The van der Waals surface area contributed by atoms with Crippen LogP contribution in [0.15, 0.2) is 54.6 Å². The predicted octanol–water partition coefficient (Wildman–Crippen LogP) is 4.65. The second-order valence-electron chi connectivity index (χ2n) is 4.97. The van der Waals surface area contributed by atoms with Crippen LogP contribution < -0.4 is 5.73 Å². The van der Waals surface area contributed by atoms with Gasteiger partial charge in [-0.2, -0.15) is 0 Å². The number of halogens is 2. The Kier molecular flexibility index (Phi) is 3.36. The van der Waals surface area contributed by atoms with Crippen molar-refractivity contribution < 1.29 is 8.78 Å². The number of rotatable bonds is 3. The molecule has 2 N–H and O–H groups in total. The summed E-state index contributed by atoms with van der Waals surface area (Å²) >= 11 is 0. The summed E-state index contributed by atoms with van der Waals surface area (Å²) in [5.41, 5.74) is 6.87. The number of fused-ring (bicyclic) bond motifs is 2. The molecule has 3 aromatic rings. The number of benzene rings is 3. The summed E-state index contributed by atoms with van der Waals surface area (Å²) in [6.07, 6.45) is -2.72. The third-order valence-corrected chi connectivity index (χ3v) is 3.62. The molecule has 0 fully saturated rings. The van der Waals surface area contributed by atoms with Crippen molar-refractivity contribution in [1.82, 2.24) is 0 Å². The third-order valence-electron chi connectivity index (χ3n) is 3.62. The number of nitrogens with two attached hydrogens (primary N) is 1. The second-order valence-corrected chi connectivity index (χ2v) is 4.97. The molecular formula is C17H15F2N. The third kappa shape index (κ3) is 2.25. The van der Waals surface area contributed by atoms with Crippen LogP contribution in [0.25, 0.3) is 21.5 Å². The zero-order valence-electron chi connectivity index (χ0n) is 10.9. The van der Waals surface area contributed by atoms with Gasteiger partial charge in [0.1, 0.15) is 0 Å². The molecule has 20 heavy (non-hydrogen) atoms. The minimum Gasteiger partial charge on any atom is -0.324 e. The average Bonchev–Trinajstić information content (AvgIpc) is 2.43. The molecule has 0 saturated heterocycles. The van der Waals surface area contributed by atoms with Gasteiger partial charge < -0.3 is 5.73 Å². The standard InChI is InChI=1S/C17H15F2N/c18-16(19)10-15(20)17-13-7-3-1-5-11(13)9-12-6-2-4-8-14(12)17/h1-9,15-16H,10,20H2/t15-/m0/s1. The first-order valence-corrected chi connectivity index (χ1v) is 6.61. The Bertz CT molecular complexity index is 698. The molecule has 0 unspecified atom stereocenters. The lowest BCUT2D eigenvalue weighted by Gasteiger charge is -2.17. The van der Waals surface area contributed by atoms with Gasteiger partial charge in [-0.25, -0.2) is 8.78 Å². The first-order valence-electron chi connectivity index (χ1n) is 6.61. The largest absolute Gasteiger partial charge is 0.324 e. The molecule has 0 aliphatic rings. The molecule has 0 bridgehead atoms. The fraction of sp³-hybridized carbons (Fsp3) is 0.176.